The number of rotatable bonds is 2. The third kappa shape index (κ3) is 8.05. The number of aromatic amines is 4. The molecule has 13 heteroatoms. The average Bonchev–Trinajstić information content (AvgIpc) is 1.79. The molecule has 18 rings (SSSR count). The fourth-order valence-corrected chi connectivity index (χ4v) is 13.1. The van der Waals surface area contributed by atoms with E-state index in [1.807, 2.05) is 170 Å². The Kier molecular flexibility index (Phi) is 11.6. The molecule has 14 aromatic rings. The SMILES string of the molecule is O=C(O)c1c2nc(cc3[nH]c(cc4nc(cc5[nH]c1c1ccccc51)-c1ccccc1-4)c1ccccc31)-c1ccccc1-2.O=C(O)c1c2nc(cc3[nH]c(cc4nc(cc5[nH]c1c1ccccc51)-c1ccccc1-4)c1ccccc31)-c1ccccc1-2.[Co]. The van der Waals surface area contributed by atoms with E-state index in [2.05, 4.69) is 80.6 Å². The van der Waals surface area contributed by atoms with Gasteiger partial charge in [-0.25, -0.2) is 29.5 Å². The maximum atomic E-state index is 13.1. The maximum Gasteiger partial charge on any atom is 0.340 e. The van der Waals surface area contributed by atoms with E-state index in [1.165, 1.54) is 0 Å². The summed E-state index contributed by atoms with van der Waals surface area (Å²) in [6.07, 6.45) is 0. The van der Waals surface area contributed by atoms with Gasteiger partial charge in [-0.1, -0.05) is 194 Å². The number of fused-ring (bicyclic) bond motifs is 40. The molecule has 0 unspecified atom stereocenters. The minimum absolute atomic E-state index is 0. The van der Waals surface area contributed by atoms with Crippen LogP contribution in [-0.2, 0) is 16.8 Å². The van der Waals surface area contributed by atoms with Crippen molar-refractivity contribution in [3.63, 3.8) is 0 Å². The molecule has 12 nitrogen and oxygen atoms in total. The molecule has 16 bridgehead atoms. The monoisotopic (exact) mass is 1170 g/mol. The summed E-state index contributed by atoms with van der Waals surface area (Å²) in [4.78, 5) is 60.7. The summed E-state index contributed by atoms with van der Waals surface area (Å²) < 4.78 is 0. The van der Waals surface area contributed by atoms with E-state index in [-0.39, 0.29) is 27.9 Å². The van der Waals surface area contributed by atoms with Gasteiger partial charge < -0.3 is 30.1 Å². The van der Waals surface area contributed by atoms with Crippen LogP contribution in [-0.4, -0.2) is 62.0 Å². The predicted molar refractivity (Wildman–Crippen MR) is 344 cm³/mol. The van der Waals surface area contributed by atoms with Gasteiger partial charge in [0.2, 0.25) is 0 Å². The van der Waals surface area contributed by atoms with E-state index in [0.717, 1.165) is 143 Å². The second-order valence-electron chi connectivity index (χ2n) is 21.8. The molecule has 0 amide bonds. The van der Waals surface area contributed by atoms with Gasteiger partial charge in [0.25, 0.3) is 0 Å². The van der Waals surface area contributed by atoms with Crippen molar-refractivity contribution in [1.29, 1.82) is 0 Å². The Hall–Kier alpha value is -11.5. The summed E-state index contributed by atoms with van der Waals surface area (Å²) in [5, 5.41) is 29.1. The Morgan fingerprint density at radius 2 is 0.471 bits per heavy atom. The quantitative estimate of drug-likeness (QED) is 0.0986. The zero-order valence-electron chi connectivity index (χ0n) is 45.8. The van der Waals surface area contributed by atoms with Crippen LogP contribution in [0.25, 0.3) is 177 Å². The molecular formula is C74H44CoN8O4. The first kappa shape index (κ1) is 51.2. The van der Waals surface area contributed by atoms with Crippen LogP contribution in [0.4, 0.5) is 0 Å². The first-order valence-corrected chi connectivity index (χ1v) is 28.2. The van der Waals surface area contributed by atoms with Crippen molar-refractivity contribution in [2.75, 3.05) is 0 Å². The van der Waals surface area contributed by atoms with Gasteiger partial charge >= 0.3 is 11.9 Å². The van der Waals surface area contributed by atoms with Crippen molar-refractivity contribution < 1.29 is 36.6 Å². The standard InChI is InChI=1S/2C37H22N4O2.Co/c2*42-37(43)34-35-26-15-7-5-13-24(26)32(40-35)18-30-22-11-3-1-9-20(22)28(38-30)17-29-21-10-2-4-12-23(21)31(39-29)19-33-25-14-6-8-16-27(25)36(34)41-33;/h2*1-19,38,41H,(H,42,43);. The van der Waals surface area contributed by atoms with Gasteiger partial charge in [0, 0.05) is 137 Å². The second-order valence-corrected chi connectivity index (χ2v) is 21.8. The van der Waals surface area contributed by atoms with Gasteiger partial charge in [-0.3, -0.25) is 0 Å². The van der Waals surface area contributed by atoms with Crippen LogP contribution < -0.4 is 0 Å². The van der Waals surface area contributed by atoms with Crippen molar-refractivity contribution in [3.05, 3.63) is 242 Å². The van der Waals surface area contributed by atoms with Crippen LogP contribution in [0.3, 0.4) is 0 Å². The van der Waals surface area contributed by atoms with E-state index in [9.17, 15) is 19.8 Å². The number of H-pyrrole nitrogens is 4. The molecule has 413 valence electrons. The summed E-state index contributed by atoms with van der Waals surface area (Å²) in [5.74, 6) is -2.09. The molecular weight excluding hydrogens is 1120 g/mol. The molecule has 4 aliphatic rings. The number of aromatic nitrogens is 8. The molecule has 8 aromatic carbocycles. The number of hydrogen-bond acceptors (Lipinski definition) is 6. The molecule has 1 radical (unpaired) electrons. The summed E-state index contributed by atoms with van der Waals surface area (Å²) in [6, 6.07) is 76.6. The number of hydrogen-bond donors (Lipinski definition) is 6. The topological polar surface area (TPSA) is 189 Å². The minimum Gasteiger partial charge on any atom is -0.478 e. The molecule has 87 heavy (non-hydrogen) atoms. The summed E-state index contributed by atoms with van der Waals surface area (Å²) >= 11 is 0. The smallest absolute Gasteiger partial charge is 0.340 e. The molecule has 0 saturated heterocycles. The van der Waals surface area contributed by atoms with Crippen molar-refractivity contribution in [2.45, 2.75) is 0 Å². The van der Waals surface area contributed by atoms with Crippen LogP contribution in [0.5, 0.6) is 0 Å². The number of carboxylic acid groups (broad SMARTS) is 2. The zero-order chi connectivity index (χ0) is 57.3. The number of nitrogens with zero attached hydrogens (tertiary/aromatic N) is 4. The second kappa shape index (κ2) is 19.8. The van der Waals surface area contributed by atoms with Gasteiger partial charge in [-0.05, 0) is 36.4 Å². The largest absolute Gasteiger partial charge is 0.478 e. The van der Waals surface area contributed by atoms with Crippen molar-refractivity contribution in [1.82, 2.24) is 39.9 Å². The Morgan fingerprint density at radius 1 is 0.264 bits per heavy atom. The van der Waals surface area contributed by atoms with Gasteiger partial charge in [0.1, 0.15) is 11.1 Å². The average molecular weight is 1170 g/mol. The van der Waals surface area contributed by atoms with Gasteiger partial charge in [-0.15, -0.1) is 0 Å². The molecule has 0 saturated carbocycles. The zero-order valence-corrected chi connectivity index (χ0v) is 46.8. The first-order valence-electron chi connectivity index (χ1n) is 28.2. The Labute approximate surface area is 504 Å². The molecule has 6 aromatic heterocycles. The van der Waals surface area contributed by atoms with Crippen LogP contribution in [0.2, 0.25) is 0 Å². The van der Waals surface area contributed by atoms with Gasteiger partial charge in [0.15, 0.2) is 0 Å². The predicted octanol–water partition coefficient (Wildman–Crippen LogP) is 18.0. The Bertz CT molecular complexity index is 5370. The van der Waals surface area contributed by atoms with Gasteiger partial charge in [0.05, 0.1) is 56.6 Å². The van der Waals surface area contributed by atoms with Crippen LogP contribution >= 0.6 is 0 Å². The van der Waals surface area contributed by atoms with E-state index < -0.39 is 11.9 Å². The molecule has 0 fully saturated rings. The van der Waals surface area contributed by atoms with E-state index in [4.69, 9.17) is 19.9 Å². The Balaban J connectivity index is 0.000000139. The number of aromatic carboxylic acids is 2. The fourth-order valence-electron chi connectivity index (χ4n) is 13.1. The molecule has 6 N–H and O–H groups in total. The van der Waals surface area contributed by atoms with Crippen LogP contribution in [0.15, 0.2) is 231 Å². The summed E-state index contributed by atoms with van der Waals surface area (Å²) in [7, 11) is 0. The number of nitrogens with one attached hydrogen (secondary N) is 4. The normalized spacial score (nSPS) is 11.8. The van der Waals surface area contributed by atoms with Crippen LogP contribution in [0, 0.1) is 0 Å². The summed E-state index contributed by atoms with van der Waals surface area (Å²) in [6.45, 7) is 0. The summed E-state index contributed by atoms with van der Waals surface area (Å²) in [5.41, 5.74) is 19.7. The van der Waals surface area contributed by atoms with Crippen molar-refractivity contribution >= 4 is 99.2 Å². The first-order chi connectivity index (χ1) is 42.3. The molecule has 0 spiro atoms. The number of carbonyl (C=O) groups is 2. The van der Waals surface area contributed by atoms with Crippen LogP contribution in [0.1, 0.15) is 20.7 Å². The van der Waals surface area contributed by atoms with E-state index >= 15 is 0 Å². The fraction of sp³-hybridized carbons (Fsp3) is 0. The molecule has 10 heterocycles. The van der Waals surface area contributed by atoms with E-state index in [0.29, 0.717) is 33.8 Å². The third-order valence-corrected chi connectivity index (χ3v) is 17.0. The van der Waals surface area contributed by atoms with Crippen molar-refractivity contribution in [2.24, 2.45) is 0 Å². The van der Waals surface area contributed by atoms with Gasteiger partial charge in [-0.2, -0.15) is 0 Å². The number of benzene rings is 8. The molecule has 0 atom stereocenters. The third-order valence-electron chi connectivity index (χ3n) is 17.0. The van der Waals surface area contributed by atoms with E-state index in [1.54, 1.807) is 0 Å². The molecule has 0 aliphatic carbocycles. The Morgan fingerprint density at radius 3 is 0.747 bits per heavy atom. The molecule has 4 aliphatic heterocycles. The minimum atomic E-state index is -1.05. The number of carboxylic acids is 2. The van der Waals surface area contributed by atoms with Crippen molar-refractivity contribution in [3.8, 4) is 90.1 Å². The maximum absolute atomic E-state index is 13.1.